The van der Waals surface area contributed by atoms with Crippen molar-refractivity contribution in [1.82, 2.24) is 120 Å². The number of aromatic nitrogens is 24. The Labute approximate surface area is 704 Å². The molecule has 0 unspecified atom stereocenters. The molecule has 0 saturated carbocycles. The number of aromatic amines is 11. The van der Waals surface area contributed by atoms with Crippen LogP contribution < -0.4 is 77.2 Å². The molecule has 120 heavy (non-hydrogen) atoms. The van der Waals surface area contributed by atoms with E-state index in [0.717, 1.165) is 79.4 Å². The number of hydrogen-bond acceptors (Lipinski definition) is 45. The van der Waals surface area contributed by atoms with E-state index < -0.39 is 11.7 Å². The Morgan fingerprint density at radius 2 is 0.942 bits per heavy atom. The lowest BCUT2D eigenvalue weighted by molar-refractivity contribution is -0.191. The van der Waals surface area contributed by atoms with Crippen LogP contribution in [0.1, 0.15) is 0 Å². The van der Waals surface area contributed by atoms with E-state index >= 15 is 0 Å². The zero-order valence-corrected chi connectivity index (χ0v) is 73.8. The number of anilines is 11. The first-order valence-corrected chi connectivity index (χ1v) is 37.6. The third kappa shape index (κ3) is 49.0. The van der Waals surface area contributed by atoms with Gasteiger partial charge < -0.3 is 107 Å². The summed E-state index contributed by atoms with van der Waals surface area (Å²) in [6, 6.07) is 2.98. The molecular weight excluding hydrogens is 1650 g/mol. The van der Waals surface area contributed by atoms with Gasteiger partial charge in [0, 0.05) is 225 Å². The standard InChI is InChI=1S/C7H12N2O3.C7H12N2O2S.C6H11FN4O.C6H13N5O.C6H12N4OS.3C6H12N4O.C6H11N3O3.C6H11N3O2S.CO2/c2*1-9(3-4-11-2)7-5-6(10)8-12-7;1-11(3-4-12-2)6-5(7)8-10-9-6;1-11(3-4-12-2)6-8-5(7)9-10-6;1-10(3-4-11-2)5-6(12)8-9-7-5;1-10(3-4-11-2)6-7-5-8-9-6;2*1-10(3-4-11-2)6-5-7-9-8-6;1-9(3-4-11-2)5-7-6(10)12-8-5;1-9(3-4-11-2)5-6(10)8-12-7-5;2-1-3/h2*5H,3-4H2,1-2H3,(H,8,10);3-4H2,1-2H3,(H,8,9,10);3-4H2,1-2H3,(H3,7,8,9,10);3-4H2,1-2H3,(H2,7,8,9,12);3*5H,3-4H2,1-2H3,(H,7,8,9);3-4H2,1-2H3,(H,7,8,10);3-4H2,1-2H3,(H,8,10);. The molecule has 0 aromatic carbocycles. The number of hydrogen-bond donors (Lipinski definition) is 12. The Hall–Kier alpha value is -11.5. The second-order valence-corrected chi connectivity index (χ2v) is 25.4. The minimum atomic E-state index is -0.589. The summed E-state index contributed by atoms with van der Waals surface area (Å²) in [6.07, 6.45) is 5.09. The molecular formula is C63H118FN35O18S3. The van der Waals surface area contributed by atoms with Crippen LogP contribution in [0.3, 0.4) is 0 Å². The Morgan fingerprint density at radius 3 is 1.30 bits per heavy atom. The van der Waals surface area contributed by atoms with Gasteiger partial charge in [0.15, 0.2) is 22.1 Å². The molecule has 0 spiro atoms. The van der Waals surface area contributed by atoms with E-state index in [0.29, 0.717) is 126 Å². The van der Waals surface area contributed by atoms with Crippen molar-refractivity contribution < 1.29 is 70.4 Å². The molecule has 57 heteroatoms. The summed E-state index contributed by atoms with van der Waals surface area (Å²) in [5.74, 6) is 4.58. The third-order valence-electron chi connectivity index (χ3n) is 14.6. The van der Waals surface area contributed by atoms with Gasteiger partial charge in [0.2, 0.25) is 41.3 Å². The van der Waals surface area contributed by atoms with Gasteiger partial charge in [-0.05, 0) is 16.7 Å². The summed E-state index contributed by atoms with van der Waals surface area (Å²) >= 11 is 7.38. The largest absolute Gasteiger partial charge is 0.440 e. The van der Waals surface area contributed by atoms with Crippen LogP contribution in [-0.2, 0) is 57.0 Å². The first-order chi connectivity index (χ1) is 57.6. The van der Waals surface area contributed by atoms with Gasteiger partial charge in [-0.25, -0.2) is 20.2 Å². The quantitative estimate of drug-likeness (QED) is 0.0206. The van der Waals surface area contributed by atoms with Gasteiger partial charge >= 0.3 is 17.5 Å². The zero-order valence-electron chi connectivity index (χ0n) is 71.3. The third-order valence-corrected chi connectivity index (χ3v) is 16.4. The van der Waals surface area contributed by atoms with E-state index in [2.05, 4.69) is 125 Å². The maximum absolute atomic E-state index is 12.7. The average molecular weight is 1770 g/mol. The molecule has 0 fully saturated rings. The molecule has 0 amide bonds. The van der Waals surface area contributed by atoms with Crippen molar-refractivity contribution in [2.75, 3.05) is 328 Å². The van der Waals surface area contributed by atoms with E-state index in [1.165, 1.54) is 23.9 Å². The lowest BCUT2D eigenvalue weighted by atomic mass is 10.5. The molecule has 13 N–H and O–H groups in total. The molecule has 10 aromatic rings. The number of nitrogens with two attached hydrogens (primary N) is 1. The van der Waals surface area contributed by atoms with Gasteiger partial charge in [-0.15, -0.1) is 30.6 Å². The van der Waals surface area contributed by atoms with Crippen molar-refractivity contribution in [2.45, 2.75) is 0 Å². The number of ether oxygens (including phenoxy) is 10. The second-order valence-electron chi connectivity index (χ2n) is 23.6. The van der Waals surface area contributed by atoms with Crippen LogP contribution in [0.5, 0.6) is 0 Å². The smallest absolute Gasteiger partial charge is 0.383 e. The summed E-state index contributed by atoms with van der Waals surface area (Å²) in [5.41, 5.74) is 4.95. The van der Waals surface area contributed by atoms with E-state index in [1.54, 1.807) is 123 Å². The summed E-state index contributed by atoms with van der Waals surface area (Å²) in [5, 5.41) is 58.2. The molecule has 678 valence electrons. The van der Waals surface area contributed by atoms with E-state index in [1.807, 2.05) is 85.8 Å². The highest BCUT2D eigenvalue weighted by Gasteiger charge is 2.13. The average Bonchev–Trinajstić information content (AvgIpc) is 1.78. The first-order valence-electron chi connectivity index (χ1n) is 35.6. The van der Waals surface area contributed by atoms with E-state index in [-0.39, 0.29) is 28.6 Å². The van der Waals surface area contributed by atoms with Crippen LogP contribution in [0.15, 0.2) is 59.1 Å². The van der Waals surface area contributed by atoms with E-state index in [4.69, 9.17) is 79.4 Å². The Morgan fingerprint density at radius 1 is 0.492 bits per heavy atom. The van der Waals surface area contributed by atoms with Crippen LogP contribution in [0, 0.1) is 10.6 Å². The highest BCUT2D eigenvalue weighted by Crippen LogP contribution is 2.14. The summed E-state index contributed by atoms with van der Waals surface area (Å²) in [6.45, 7) is 13.7. The molecule has 10 heterocycles. The van der Waals surface area contributed by atoms with Gasteiger partial charge in [-0.2, -0.15) is 64.4 Å². The summed E-state index contributed by atoms with van der Waals surface area (Å²) < 4.78 is 80.5. The first kappa shape index (κ1) is 109. The maximum atomic E-state index is 12.7. The van der Waals surface area contributed by atoms with E-state index in [9.17, 15) is 23.6 Å². The fraction of sp³-hybridized carbons (Fsp3) is 0.635. The lowest BCUT2D eigenvalue weighted by Crippen LogP contribution is -2.26. The number of carbonyl (C=O) groups excluding carboxylic acids is 2. The van der Waals surface area contributed by atoms with Crippen molar-refractivity contribution in [3.8, 4) is 0 Å². The molecule has 0 radical (unpaired) electrons. The molecule has 10 aromatic heterocycles. The lowest BCUT2D eigenvalue weighted by Gasteiger charge is -2.14. The van der Waals surface area contributed by atoms with Gasteiger partial charge in [0.1, 0.15) is 11.3 Å². The molecule has 0 atom stereocenters. The molecule has 0 aliphatic rings. The normalized spacial score (nSPS) is 9.94. The second kappa shape index (κ2) is 68.4. The van der Waals surface area contributed by atoms with Crippen LogP contribution in [0.4, 0.5) is 68.2 Å². The number of nitrogens with one attached hydrogen (secondary N) is 11. The predicted octanol–water partition coefficient (Wildman–Crippen LogP) is -0.947. The van der Waals surface area contributed by atoms with Crippen LogP contribution in [-0.4, -0.2) is 400 Å². The Balaban J connectivity index is 0.00000131. The number of methoxy groups -OCH3 is 10. The molecule has 0 saturated heterocycles. The van der Waals surface area contributed by atoms with Gasteiger partial charge in [0.05, 0.1) is 84.5 Å². The fourth-order valence-electron chi connectivity index (χ4n) is 7.64. The van der Waals surface area contributed by atoms with Crippen molar-refractivity contribution in [3.05, 3.63) is 83.1 Å². The van der Waals surface area contributed by atoms with Crippen molar-refractivity contribution in [1.29, 1.82) is 0 Å². The summed E-state index contributed by atoms with van der Waals surface area (Å²) in [4.78, 5) is 88.1. The number of rotatable bonds is 40. The molecule has 53 nitrogen and oxygen atoms in total. The van der Waals surface area contributed by atoms with Gasteiger partial charge in [-0.3, -0.25) is 37.7 Å². The number of nitrogens with zero attached hydrogens (tertiary/aromatic N) is 23. The molecule has 0 aliphatic carbocycles. The number of H-pyrrole nitrogens is 11. The van der Waals surface area contributed by atoms with Crippen molar-refractivity contribution >= 4 is 105 Å². The highest BCUT2D eigenvalue weighted by molar-refractivity contribution is 7.71. The maximum Gasteiger partial charge on any atom is 0.440 e. The monoisotopic (exact) mass is 1770 g/mol. The number of likely N-dealkylation sites (N-methyl/N-ethyl adjacent to an activating group) is 10. The highest BCUT2D eigenvalue weighted by atomic mass is 32.1. The Bertz CT molecular complexity index is 3990. The minimum Gasteiger partial charge on any atom is -0.383 e. The predicted molar refractivity (Wildman–Crippen MR) is 451 cm³/mol. The van der Waals surface area contributed by atoms with Gasteiger partial charge in [0.25, 0.3) is 17.1 Å². The van der Waals surface area contributed by atoms with Crippen LogP contribution in [0.2, 0.25) is 0 Å². The number of halogens is 1. The van der Waals surface area contributed by atoms with Crippen LogP contribution in [0.25, 0.3) is 0 Å². The zero-order chi connectivity index (χ0) is 89.8. The molecule has 0 bridgehead atoms. The number of nitrogen functional groups attached to an aromatic ring is 1. The fourth-order valence-corrected chi connectivity index (χ4v) is 9.09. The summed E-state index contributed by atoms with van der Waals surface area (Å²) in [7, 11) is 35.1. The van der Waals surface area contributed by atoms with Crippen LogP contribution >= 0.6 is 35.5 Å². The minimum absolute atomic E-state index is 0.0423. The topological polar surface area (TPSA) is 621 Å². The Kier molecular flexibility index (Phi) is 61.9. The SMILES string of the molecule is COCCN(C)c1cc(=O)[nH]o1.COCCN(C)c1cc(=O)[nH]s1.COCCN(C)c1cn[nH]n1.COCCN(C)c1cn[nH]n1.COCCN(C)c1n[nH][nH]c1=S.COCCN(C)c1n[nH]c(N)n1.COCCN(C)c1n[nH]nc1F.COCCN(C)c1ncn[nH]1.COCCN(C)c1noc(=O)[nH]1.COCCN(C)c1ns[nH]c1=O.O=C=O. The molecule has 0 aliphatic heterocycles. The molecule has 10 rings (SSSR count). The van der Waals surface area contributed by atoms with Gasteiger partial charge in [-0.1, -0.05) is 12.2 Å². The van der Waals surface area contributed by atoms with Crippen molar-refractivity contribution in [2.24, 2.45) is 0 Å². The van der Waals surface area contributed by atoms with Crippen molar-refractivity contribution in [3.63, 3.8) is 0 Å².